The highest BCUT2D eigenvalue weighted by atomic mass is 16.5. The first-order valence-corrected chi connectivity index (χ1v) is 5.56. The van der Waals surface area contributed by atoms with E-state index >= 15 is 0 Å². The molecule has 0 fully saturated rings. The third-order valence-electron chi connectivity index (χ3n) is 2.24. The number of aliphatic hydroxyl groups excluding tert-OH is 1. The van der Waals surface area contributed by atoms with Gasteiger partial charge in [0, 0.05) is 18.0 Å². The Morgan fingerprint density at radius 1 is 1.79 bits per heavy atom. The summed E-state index contributed by atoms with van der Waals surface area (Å²) in [5.74, 6) is -0.517. The minimum absolute atomic E-state index is 0.0734. The number of hydrogen-bond acceptors (Lipinski definition) is 7. The molecule has 10 heteroatoms. The Balaban J connectivity index is 2.71. The number of aliphatic hydroxyl groups is 1. The van der Waals surface area contributed by atoms with Gasteiger partial charge in [0.2, 0.25) is 0 Å². The Bertz CT molecular complexity index is 454. The van der Waals surface area contributed by atoms with Gasteiger partial charge in [0.25, 0.3) is 0 Å². The maximum atomic E-state index is 11.6. The lowest BCUT2D eigenvalue weighted by molar-refractivity contribution is -0.143. The monoisotopic (exact) mass is 269 g/mol. The molecule has 1 rings (SSSR count). The van der Waals surface area contributed by atoms with Gasteiger partial charge in [-0.25, -0.2) is 9.48 Å². The zero-order chi connectivity index (χ0) is 14.1. The first kappa shape index (κ1) is 14.9. The fourth-order valence-electron chi connectivity index (χ4n) is 1.39. The Morgan fingerprint density at radius 3 is 3.21 bits per heavy atom. The van der Waals surface area contributed by atoms with Crippen LogP contribution in [-0.2, 0) is 16.1 Å². The SMILES string of the molecule is COC(=O)C(NCCN=[N+]=[N-])c1cn(CCO)nn1. The molecular weight excluding hydrogens is 254 g/mol. The predicted molar refractivity (Wildman–Crippen MR) is 63.9 cm³/mol. The minimum atomic E-state index is -0.786. The standard InChI is InChI=1S/C9H15N7O3/c1-19-9(18)8(11-2-3-12-14-10)7-6-16(4-5-17)15-13-7/h6,8,11,17H,2-5H2,1H3. The van der Waals surface area contributed by atoms with Crippen molar-refractivity contribution >= 4 is 5.97 Å². The first-order valence-electron chi connectivity index (χ1n) is 5.56. The molecule has 1 aromatic rings. The fraction of sp³-hybridized carbons (Fsp3) is 0.667. The smallest absolute Gasteiger partial charge is 0.329 e. The summed E-state index contributed by atoms with van der Waals surface area (Å²) in [6.45, 7) is 0.723. The summed E-state index contributed by atoms with van der Waals surface area (Å²) in [7, 11) is 1.27. The number of carbonyl (C=O) groups excluding carboxylic acids is 1. The second kappa shape index (κ2) is 8.03. The van der Waals surface area contributed by atoms with Crippen LogP contribution in [0.15, 0.2) is 11.3 Å². The molecule has 0 spiro atoms. The normalized spacial score (nSPS) is 11.7. The van der Waals surface area contributed by atoms with Gasteiger partial charge < -0.3 is 9.84 Å². The van der Waals surface area contributed by atoms with E-state index in [0.29, 0.717) is 18.8 Å². The average Bonchev–Trinajstić information content (AvgIpc) is 2.87. The molecule has 0 aromatic carbocycles. The lowest BCUT2D eigenvalue weighted by Gasteiger charge is -2.12. The van der Waals surface area contributed by atoms with Crippen LogP contribution in [0.3, 0.4) is 0 Å². The van der Waals surface area contributed by atoms with Crippen LogP contribution in [0.1, 0.15) is 11.7 Å². The van der Waals surface area contributed by atoms with Crippen molar-refractivity contribution in [1.82, 2.24) is 20.3 Å². The number of methoxy groups -OCH3 is 1. The van der Waals surface area contributed by atoms with E-state index in [1.807, 2.05) is 0 Å². The van der Waals surface area contributed by atoms with Crippen molar-refractivity contribution < 1.29 is 14.6 Å². The summed E-state index contributed by atoms with van der Waals surface area (Å²) in [6.07, 6.45) is 1.54. The summed E-state index contributed by atoms with van der Waals surface area (Å²) >= 11 is 0. The molecule has 1 heterocycles. The molecule has 0 radical (unpaired) electrons. The third-order valence-corrected chi connectivity index (χ3v) is 2.24. The molecule has 0 saturated heterocycles. The average molecular weight is 269 g/mol. The second-order valence-electron chi connectivity index (χ2n) is 3.49. The summed E-state index contributed by atoms with van der Waals surface area (Å²) in [6, 6.07) is -0.786. The molecule has 1 aromatic heterocycles. The van der Waals surface area contributed by atoms with Gasteiger partial charge in [0.05, 0.1) is 26.5 Å². The van der Waals surface area contributed by atoms with Crippen LogP contribution in [-0.4, -0.2) is 52.9 Å². The Kier molecular flexibility index (Phi) is 6.30. The molecule has 0 amide bonds. The van der Waals surface area contributed by atoms with Gasteiger partial charge in [0.1, 0.15) is 5.69 Å². The van der Waals surface area contributed by atoms with Crippen LogP contribution in [0.4, 0.5) is 0 Å². The molecule has 0 aliphatic carbocycles. The molecule has 0 saturated carbocycles. The largest absolute Gasteiger partial charge is 0.468 e. The maximum Gasteiger partial charge on any atom is 0.329 e. The zero-order valence-electron chi connectivity index (χ0n) is 10.4. The molecule has 1 unspecified atom stereocenters. The summed E-state index contributed by atoms with van der Waals surface area (Å²) < 4.78 is 6.08. The van der Waals surface area contributed by atoms with Crippen molar-refractivity contribution in [3.8, 4) is 0 Å². The van der Waals surface area contributed by atoms with Gasteiger partial charge in [-0.3, -0.25) is 5.32 Å². The molecule has 19 heavy (non-hydrogen) atoms. The van der Waals surface area contributed by atoms with E-state index < -0.39 is 12.0 Å². The zero-order valence-corrected chi connectivity index (χ0v) is 10.4. The van der Waals surface area contributed by atoms with Gasteiger partial charge in [-0.05, 0) is 5.53 Å². The predicted octanol–water partition coefficient (Wildman–Crippen LogP) is -0.616. The molecule has 2 N–H and O–H groups in total. The first-order chi connectivity index (χ1) is 9.22. The quantitative estimate of drug-likeness (QED) is 0.212. The van der Waals surface area contributed by atoms with Crippen molar-refractivity contribution in [2.45, 2.75) is 12.6 Å². The van der Waals surface area contributed by atoms with Crippen LogP contribution >= 0.6 is 0 Å². The highest BCUT2D eigenvalue weighted by Gasteiger charge is 2.23. The van der Waals surface area contributed by atoms with E-state index in [9.17, 15) is 4.79 Å². The Hall–Kier alpha value is -2.16. The summed E-state index contributed by atoms with van der Waals surface area (Å²) in [4.78, 5) is 14.2. The summed E-state index contributed by atoms with van der Waals surface area (Å²) in [5, 5.41) is 22.6. The van der Waals surface area contributed by atoms with Crippen molar-refractivity contribution in [2.24, 2.45) is 5.11 Å². The molecule has 0 bridgehead atoms. The van der Waals surface area contributed by atoms with Gasteiger partial charge in [-0.2, -0.15) is 0 Å². The van der Waals surface area contributed by atoms with E-state index in [1.54, 1.807) is 6.20 Å². The van der Waals surface area contributed by atoms with Gasteiger partial charge in [-0.1, -0.05) is 10.3 Å². The molecule has 1 atom stereocenters. The number of azide groups is 1. The molecule has 104 valence electrons. The maximum absolute atomic E-state index is 11.6. The van der Waals surface area contributed by atoms with Crippen LogP contribution < -0.4 is 5.32 Å². The topological polar surface area (TPSA) is 138 Å². The number of aromatic nitrogens is 3. The van der Waals surface area contributed by atoms with Crippen molar-refractivity contribution in [1.29, 1.82) is 0 Å². The van der Waals surface area contributed by atoms with E-state index in [-0.39, 0.29) is 13.2 Å². The third kappa shape index (κ3) is 4.54. The highest BCUT2D eigenvalue weighted by Crippen LogP contribution is 2.10. The Morgan fingerprint density at radius 2 is 2.58 bits per heavy atom. The number of carbonyl (C=O) groups is 1. The van der Waals surface area contributed by atoms with E-state index in [1.165, 1.54) is 11.8 Å². The van der Waals surface area contributed by atoms with E-state index in [4.69, 9.17) is 10.6 Å². The van der Waals surface area contributed by atoms with Crippen LogP contribution in [0.2, 0.25) is 0 Å². The van der Waals surface area contributed by atoms with E-state index in [2.05, 4.69) is 30.4 Å². The highest BCUT2D eigenvalue weighted by molar-refractivity contribution is 5.76. The summed E-state index contributed by atoms with van der Waals surface area (Å²) in [5.41, 5.74) is 8.53. The molecular formula is C9H15N7O3. The number of nitrogens with zero attached hydrogens (tertiary/aromatic N) is 6. The van der Waals surface area contributed by atoms with Crippen molar-refractivity contribution in [2.75, 3.05) is 26.8 Å². The van der Waals surface area contributed by atoms with Crippen LogP contribution in [0.25, 0.3) is 10.4 Å². The van der Waals surface area contributed by atoms with Gasteiger partial charge >= 0.3 is 5.97 Å². The lowest BCUT2D eigenvalue weighted by Crippen LogP contribution is -2.31. The number of hydrogen-bond donors (Lipinski definition) is 2. The molecule has 0 aliphatic heterocycles. The number of ether oxygens (including phenoxy) is 1. The van der Waals surface area contributed by atoms with Crippen LogP contribution in [0.5, 0.6) is 0 Å². The lowest BCUT2D eigenvalue weighted by atomic mass is 10.2. The van der Waals surface area contributed by atoms with Crippen LogP contribution in [0, 0.1) is 0 Å². The fourth-order valence-corrected chi connectivity index (χ4v) is 1.39. The van der Waals surface area contributed by atoms with Crippen molar-refractivity contribution in [3.63, 3.8) is 0 Å². The number of esters is 1. The minimum Gasteiger partial charge on any atom is -0.468 e. The van der Waals surface area contributed by atoms with Gasteiger partial charge in [-0.15, -0.1) is 5.10 Å². The van der Waals surface area contributed by atoms with Gasteiger partial charge in [0.15, 0.2) is 6.04 Å². The van der Waals surface area contributed by atoms with Crippen molar-refractivity contribution in [3.05, 3.63) is 22.3 Å². The van der Waals surface area contributed by atoms with E-state index in [0.717, 1.165) is 0 Å². The number of nitrogens with one attached hydrogen (secondary N) is 1. The second-order valence-corrected chi connectivity index (χ2v) is 3.49. The molecule has 10 nitrogen and oxygen atoms in total. The molecule has 0 aliphatic rings. The number of rotatable bonds is 8. The Labute approximate surface area is 109 Å².